The summed E-state index contributed by atoms with van der Waals surface area (Å²) < 4.78 is 16.6. The summed E-state index contributed by atoms with van der Waals surface area (Å²) in [6, 6.07) is 11.0. The van der Waals surface area contributed by atoms with Crippen LogP contribution in [0.4, 0.5) is 4.79 Å². The molecular weight excluding hydrogens is 376 g/mol. The minimum Gasteiger partial charge on any atom is -0.497 e. The number of aliphatic carboxylic acids is 1. The molecule has 8 heteroatoms. The van der Waals surface area contributed by atoms with Crippen LogP contribution in [-0.2, 0) is 14.3 Å². The van der Waals surface area contributed by atoms with Gasteiger partial charge in [-0.3, -0.25) is 9.88 Å². The highest BCUT2D eigenvalue weighted by Crippen LogP contribution is 2.43. The van der Waals surface area contributed by atoms with Gasteiger partial charge in [0.2, 0.25) is 0 Å². The smallest absolute Gasteiger partial charge is 0.413 e. The van der Waals surface area contributed by atoms with E-state index in [0.29, 0.717) is 17.0 Å². The number of benzene rings is 1. The maximum atomic E-state index is 13.1. The van der Waals surface area contributed by atoms with Gasteiger partial charge >= 0.3 is 12.1 Å². The molecule has 1 saturated heterocycles. The number of rotatable bonds is 4. The fourth-order valence-electron chi connectivity index (χ4n) is 3.14. The molecule has 154 valence electrons. The fraction of sp³-hybridized carbons (Fsp3) is 0.381. The van der Waals surface area contributed by atoms with Gasteiger partial charge in [0.25, 0.3) is 0 Å². The van der Waals surface area contributed by atoms with Gasteiger partial charge in [-0.25, -0.2) is 9.59 Å². The highest BCUT2D eigenvalue weighted by Gasteiger charge is 2.51. The number of carbonyl (C=O) groups excluding carboxylic acids is 1. The first-order valence-corrected chi connectivity index (χ1v) is 9.16. The molecule has 1 aliphatic heterocycles. The van der Waals surface area contributed by atoms with Crippen molar-refractivity contribution in [2.45, 2.75) is 44.7 Å². The van der Waals surface area contributed by atoms with Crippen LogP contribution in [0, 0.1) is 0 Å². The van der Waals surface area contributed by atoms with Gasteiger partial charge in [-0.2, -0.15) is 0 Å². The summed E-state index contributed by atoms with van der Waals surface area (Å²) in [6.45, 7) is 5.23. The largest absolute Gasteiger partial charge is 0.497 e. The summed E-state index contributed by atoms with van der Waals surface area (Å²) in [5, 5.41) is 9.77. The SMILES string of the molecule is COc1ccc(C2OC(C(=O)O)[C@H](c3ccccn3)N2C(=O)OC(C)(C)C)cc1. The fourth-order valence-corrected chi connectivity index (χ4v) is 3.14. The maximum absolute atomic E-state index is 13.1. The third kappa shape index (κ3) is 4.48. The Morgan fingerprint density at radius 1 is 1.14 bits per heavy atom. The van der Waals surface area contributed by atoms with Crippen molar-refractivity contribution in [3.8, 4) is 5.75 Å². The number of carboxylic acids is 1. The van der Waals surface area contributed by atoms with Gasteiger partial charge in [0.15, 0.2) is 12.3 Å². The second-order valence-electron chi connectivity index (χ2n) is 7.61. The molecule has 0 saturated carbocycles. The van der Waals surface area contributed by atoms with Gasteiger partial charge in [-0.05, 0) is 45.0 Å². The van der Waals surface area contributed by atoms with E-state index in [2.05, 4.69) is 4.98 Å². The third-order valence-corrected chi connectivity index (χ3v) is 4.35. The van der Waals surface area contributed by atoms with Gasteiger partial charge in [-0.1, -0.05) is 18.2 Å². The van der Waals surface area contributed by atoms with E-state index in [1.807, 2.05) is 0 Å². The normalized spacial score (nSPS) is 21.7. The summed E-state index contributed by atoms with van der Waals surface area (Å²) in [5.41, 5.74) is 0.237. The van der Waals surface area contributed by atoms with E-state index in [0.717, 1.165) is 0 Å². The molecule has 1 fully saturated rings. The number of methoxy groups -OCH3 is 1. The number of hydrogen-bond acceptors (Lipinski definition) is 6. The predicted molar refractivity (Wildman–Crippen MR) is 103 cm³/mol. The van der Waals surface area contributed by atoms with Crippen LogP contribution >= 0.6 is 0 Å². The highest BCUT2D eigenvalue weighted by molar-refractivity contribution is 5.77. The van der Waals surface area contributed by atoms with Crippen LogP contribution in [0.15, 0.2) is 48.7 Å². The molecule has 1 N–H and O–H groups in total. The lowest BCUT2D eigenvalue weighted by Gasteiger charge is -2.31. The number of carboxylic acid groups (broad SMARTS) is 1. The summed E-state index contributed by atoms with van der Waals surface area (Å²) >= 11 is 0. The first-order valence-electron chi connectivity index (χ1n) is 9.16. The number of amides is 1. The second-order valence-corrected chi connectivity index (χ2v) is 7.61. The zero-order chi connectivity index (χ0) is 21.2. The molecule has 1 amide bonds. The lowest BCUT2D eigenvalue weighted by molar-refractivity contribution is -0.150. The van der Waals surface area contributed by atoms with Crippen LogP contribution < -0.4 is 4.74 Å². The monoisotopic (exact) mass is 400 g/mol. The van der Waals surface area contributed by atoms with E-state index in [1.165, 1.54) is 4.90 Å². The lowest BCUT2D eigenvalue weighted by atomic mass is 10.1. The van der Waals surface area contributed by atoms with Crippen LogP contribution in [0.2, 0.25) is 0 Å². The van der Waals surface area contributed by atoms with Crippen molar-refractivity contribution in [3.63, 3.8) is 0 Å². The molecule has 0 spiro atoms. The zero-order valence-electron chi connectivity index (χ0n) is 16.7. The van der Waals surface area contributed by atoms with E-state index in [-0.39, 0.29) is 0 Å². The predicted octanol–water partition coefficient (Wildman–Crippen LogP) is 3.55. The Kier molecular flexibility index (Phi) is 5.74. The summed E-state index contributed by atoms with van der Waals surface area (Å²) in [5.74, 6) is -0.558. The molecule has 3 rings (SSSR count). The topological polar surface area (TPSA) is 98.2 Å². The Bertz CT molecular complexity index is 863. The van der Waals surface area contributed by atoms with Crippen molar-refractivity contribution >= 4 is 12.1 Å². The molecule has 2 unspecified atom stereocenters. The first kappa shape index (κ1) is 20.6. The Hall–Kier alpha value is -3.13. The molecule has 2 heterocycles. The number of aromatic nitrogens is 1. The molecule has 2 aromatic rings. The number of carbonyl (C=O) groups is 2. The second kappa shape index (κ2) is 8.08. The standard InChI is InChI=1S/C21H24N2O6/c1-21(2,3)29-20(26)23-16(15-7-5-6-12-22-15)17(19(24)25)28-18(23)13-8-10-14(27-4)11-9-13/h5-12,16-18H,1-4H3,(H,24,25)/t16-,17?,18?/m0/s1. The van der Waals surface area contributed by atoms with Crippen LogP contribution in [0.3, 0.4) is 0 Å². The van der Waals surface area contributed by atoms with Gasteiger partial charge in [0.05, 0.1) is 12.8 Å². The van der Waals surface area contributed by atoms with Crippen molar-refractivity contribution in [1.82, 2.24) is 9.88 Å². The molecule has 3 atom stereocenters. The molecule has 8 nitrogen and oxygen atoms in total. The van der Waals surface area contributed by atoms with Crippen molar-refractivity contribution in [1.29, 1.82) is 0 Å². The van der Waals surface area contributed by atoms with Gasteiger partial charge in [0, 0.05) is 11.8 Å². The van der Waals surface area contributed by atoms with Crippen molar-refractivity contribution in [2.24, 2.45) is 0 Å². The van der Waals surface area contributed by atoms with Crippen molar-refractivity contribution in [2.75, 3.05) is 7.11 Å². The van der Waals surface area contributed by atoms with Crippen LogP contribution in [-0.4, -0.2) is 45.9 Å². The molecule has 1 aromatic carbocycles. The van der Waals surface area contributed by atoms with Crippen molar-refractivity contribution < 1.29 is 28.9 Å². The van der Waals surface area contributed by atoms with E-state index < -0.39 is 36.0 Å². The van der Waals surface area contributed by atoms with Crippen molar-refractivity contribution in [3.05, 3.63) is 59.9 Å². The van der Waals surface area contributed by atoms with E-state index in [1.54, 1.807) is 76.5 Å². The Morgan fingerprint density at radius 3 is 2.34 bits per heavy atom. The van der Waals surface area contributed by atoms with Crippen LogP contribution in [0.1, 0.15) is 44.3 Å². The molecule has 0 radical (unpaired) electrons. The Labute approximate surface area is 169 Å². The lowest BCUT2D eigenvalue weighted by Crippen LogP contribution is -2.40. The number of ether oxygens (including phenoxy) is 3. The number of pyridine rings is 1. The zero-order valence-corrected chi connectivity index (χ0v) is 16.7. The Balaban J connectivity index is 2.07. The van der Waals surface area contributed by atoms with Gasteiger partial charge < -0.3 is 19.3 Å². The van der Waals surface area contributed by atoms with Gasteiger partial charge in [-0.15, -0.1) is 0 Å². The maximum Gasteiger partial charge on any atom is 0.413 e. The van der Waals surface area contributed by atoms with E-state index in [9.17, 15) is 14.7 Å². The summed E-state index contributed by atoms with van der Waals surface area (Å²) in [6.07, 6.45) is -1.39. The number of nitrogens with zero attached hydrogens (tertiary/aromatic N) is 2. The number of hydrogen-bond donors (Lipinski definition) is 1. The average molecular weight is 400 g/mol. The molecule has 0 bridgehead atoms. The van der Waals surface area contributed by atoms with Crippen LogP contribution in [0.25, 0.3) is 0 Å². The molecule has 1 aliphatic rings. The quantitative estimate of drug-likeness (QED) is 0.838. The van der Waals surface area contributed by atoms with E-state index >= 15 is 0 Å². The Morgan fingerprint density at radius 2 is 1.83 bits per heavy atom. The van der Waals surface area contributed by atoms with E-state index in [4.69, 9.17) is 14.2 Å². The third-order valence-electron chi connectivity index (χ3n) is 4.35. The molecule has 29 heavy (non-hydrogen) atoms. The molecule has 1 aromatic heterocycles. The summed E-state index contributed by atoms with van der Waals surface area (Å²) in [4.78, 5) is 30.6. The average Bonchev–Trinajstić information content (AvgIpc) is 3.08. The minimum absolute atomic E-state index is 0.404. The molecular formula is C21H24N2O6. The minimum atomic E-state index is -1.30. The van der Waals surface area contributed by atoms with Gasteiger partial charge in [0.1, 0.15) is 17.4 Å². The summed E-state index contributed by atoms with van der Waals surface area (Å²) in [7, 11) is 1.55. The first-order chi connectivity index (χ1) is 13.7. The van der Waals surface area contributed by atoms with Crippen LogP contribution in [0.5, 0.6) is 5.75 Å². The highest BCUT2D eigenvalue weighted by atomic mass is 16.6. The molecule has 0 aliphatic carbocycles.